The molecule has 31 heavy (non-hydrogen) atoms. The Morgan fingerprint density at radius 1 is 0.903 bits per heavy atom. The van der Waals surface area contributed by atoms with Crippen molar-refractivity contribution < 1.29 is 23.1 Å². The van der Waals surface area contributed by atoms with Gasteiger partial charge in [0, 0.05) is 0 Å². The molecule has 2 atom stereocenters. The van der Waals surface area contributed by atoms with Gasteiger partial charge in [0.25, 0.3) is 0 Å². The Morgan fingerprint density at radius 2 is 1.48 bits per heavy atom. The van der Waals surface area contributed by atoms with E-state index in [9.17, 15) is 9.36 Å². The van der Waals surface area contributed by atoms with Crippen molar-refractivity contribution in [3.63, 3.8) is 0 Å². The maximum atomic E-state index is 13.7. The second-order valence-electron chi connectivity index (χ2n) is 6.49. The molecule has 0 aliphatic heterocycles. The molecule has 0 aromatic heterocycles. The van der Waals surface area contributed by atoms with Crippen LogP contribution in [-0.2, 0) is 20.7 Å². The van der Waals surface area contributed by atoms with Crippen LogP contribution in [0.1, 0.15) is 12.5 Å². The summed E-state index contributed by atoms with van der Waals surface area (Å²) in [6.45, 7) is 1.67. The van der Waals surface area contributed by atoms with E-state index in [1.165, 1.54) is 0 Å². The van der Waals surface area contributed by atoms with E-state index in [4.69, 9.17) is 13.8 Å². The highest BCUT2D eigenvalue weighted by molar-refractivity contribution is 14.1. The summed E-state index contributed by atoms with van der Waals surface area (Å²) < 4.78 is 32.1. The Balaban J connectivity index is 1.77. The molecule has 1 unspecified atom stereocenters. The minimum absolute atomic E-state index is 0.116. The molecule has 3 rings (SSSR count). The lowest BCUT2D eigenvalue weighted by Gasteiger charge is -2.24. The van der Waals surface area contributed by atoms with Crippen LogP contribution in [0.4, 0.5) is 0 Å². The van der Waals surface area contributed by atoms with Crippen LogP contribution in [0.15, 0.2) is 78.9 Å². The summed E-state index contributed by atoms with van der Waals surface area (Å²) in [5, 5.41) is 2.71. The van der Waals surface area contributed by atoms with Crippen LogP contribution < -0.4 is 14.1 Å². The highest BCUT2D eigenvalue weighted by Gasteiger charge is 2.35. The van der Waals surface area contributed by atoms with Gasteiger partial charge in [-0.15, -0.1) is 0 Å². The summed E-state index contributed by atoms with van der Waals surface area (Å²) in [5.74, 6) is 0.200. The molecule has 0 amide bonds. The third kappa shape index (κ3) is 7.20. The summed E-state index contributed by atoms with van der Waals surface area (Å²) in [5.41, 5.74) is 0.858. The number of carbonyl (C=O) groups excluding carboxylic acids is 1. The number of para-hydroxylation sites is 2. The van der Waals surface area contributed by atoms with Crippen LogP contribution in [0, 0.1) is 7.14 Å². The molecule has 0 saturated carbocycles. The van der Waals surface area contributed by atoms with Gasteiger partial charge in [-0.25, -0.2) is 4.57 Å². The quantitative estimate of drug-likeness (QED) is 0.168. The summed E-state index contributed by atoms with van der Waals surface area (Å²) in [4.78, 5) is 12.5. The van der Waals surface area contributed by atoms with E-state index in [0.29, 0.717) is 11.5 Å². The first-order valence-electron chi connectivity index (χ1n) is 9.33. The molecule has 0 saturated heterocycles. The van der Waals surface area contributed by atoms with Crippen molar-refractivity contribution in [1.29, 1.82) is 0 Å². The molecule has 0 heterocycles. The smallest absolute Gasteiger partial charge is 0.460 e. The van der Waals surface area contributed by atoms with Gasteiger partial charge in [0.05, 0.1) is 7.14 Å². The number of hydrogen-bond donors (Lipinski definition) is 1. The van der Waals surface area contributed by atoms with E-state index in [1.807, 2.05) is 54.6 Å². The SMILES string of the molecule is C[C@H](NP(=O)(Oc1ccccc1)Oc1c(I)cccc1I)C(=O)OCc1ccccc1. The molecule has 9 heteroatoms. The van der Waals surface area contributed by atoms with Crippen molar-refractivity contribution in [2.24, 2.45) is 0 Å². The van der Waals surface area contributed by atoms with E-state index in [0.717, 1.165) is 12.7 Å². The molecular formula is C22H20I2NO5P. The number of carbonyl (C=O) groups is 1. The Bertz CT molecular complexity index is 1050. The van der Waals surface area contributed by atoms with E-state index in [1.54, 1.807) is 31.2 Å². The van der Waals surface area contributed by atoms with Crippen molar-refractivity contribution in [3.05, 3.63) is 91.6 Å². The van der Waals surface area contributed by atoms with Crippen molar-refractivity contribution in [3.8, 4) is 11.5 Å². The molecule has 0 fully saturated rings. The average molecular weight is 663 g/mol. The Labute approximate surface area is 208 Å². The molecule has 0 spiro atoms. The topological polar surface area (TPSA) is 73.9 Å². The molecule has 162 valence electrons. The van der Waals surface area contributed by atoms with Crippen molar-refractivity contribution >= 4 is 58.9 Å². The normalized spacial score (nSPS) is 13.6. The highest BCUT2D eigenvalue weighted by atomic mass is 127. The van der Waals surface area contributed by atoms with E-state index in [2.05, 4.69) is 50.3 Å². The fourth-order valence-corrected chi connectivity index (χ4v) is 6.16. The van der Waals surface area contributed by atoms with Crippen LogP contribution in [0.25, 0.3) is 0 Å². The van der Waals surface area contributed by atoms with Gasteiger partial charge in [-0.2, -0.15) is 5.09 Å². The predicted molar refractivity (Wildman–Crippen MR) is 136 cm³/mol. The van der Waals surface area contributed by atoms with Crippen LogP contribution in [-0.4, -0.2) is 12.0 Å². The van der Waals surface area contributed by atoms with Gasteiger partial charge in [0.15, 0.2) is 5.75 Å². The predicted octanol–water partition coefficient (Wildman–Crippen LogP) is 6.18. The van der Waals surface area contributed by atoms with Gasteiger partial charge in [-0.1, -0.05) is 54.6 Å². The minimum Gasteiger partial charge on any atom is -0.460 e. The number of nitrogens with one attached hydrogen (secondary N) is 1. The van der Waals surface area contributed by atoms with Crippen LogP contribution in [0.5, 0.6) is 11.5 Å². The summed E-state index contributed by atoms with van der Waals surface area (Å²) >= 11 is 4.20. The fraction of sp³-hybridized carbons (Fsp3) is 0.136. The monoisotopic (exact) mass is 663 g/mol. The zero-order chi connectivity index (χ0) is 22.3. The lowest BCUT2D eigenvalue weighted by Crippen LogP contribution is -2.35. The van der Waals surface area contributed by atoms with Crippen LogP contribution >= 0.6 is 52.9 Å². The van der Waals surface area contributed by atoms with E-state index < -0.39 is 19.8 Å². The fourth-order valence-electron chi connectivity index (χ4n) is 2.52. The number of ether oxygens (including phenoxy) is 1. The Morgan fingerprint density at radius 3 is 2.10 bits per heavy atom. The summed E-state index contributed by atoms with van der Waals surface area (Å²) in [7, 11) is -3.98. The minimum atomic E-state index is -3.98. The van der Waals surface area contributed by atoms with Gasteiger partial charge in [0.1, 0.15) is 18.4 Å². The summed E-state index contributed by atoms with van der Waals surface area (Å²) in [6.07, 6.45) is 0. The third-order valence-electron chi connectivity index (χ3n) is 4.03. The van der Waals surface area contributed by atoms with Gasteiger partial charge in [0.2, 0.25) is 0 Å². The molecular weight excluding hydrogens is 643 g/mol. The zero-order valence-corrected chi connectivity index (χ0v) is 21.7. The van der Waals surface area contributed by atoms with Crippen molar-refractivity contribution in [2.75, 3.05) is 0 Å². The lowest BCUT2D eigenvalue weighted by atomic mass is 10.2. The van der Waals surface area contributed by atoms with Gasteiger partial charge in [-0.05, 0) is 81.9 Å². The maximum absolute atomic E-state index is 13.7. The number of halogens is 2. The van der Waals surface area contributed by atoms with Gasteiger partial charge >= 0.3 is 13.7 Å². The highest BCUT2D eigenvalue weighted by Crippen LogP contribution is 2.47. The zero-order valence-electron chi connectivity index (χ0n) is 16.5. The third-order valence-corrected chi connectivity index (χ3v) is 7.31. The molecule has 0 aliphatic carbocycles. The largest absolute Gasteiger partial charge is 0.513 e. The second-order valence-corrected chi connectivity index (χ2v) is 10.4. The first kappa shape index (κ1) is 24.0. The molecule has 0 bridgehead atoms. The number of hydrogen-bond acceptors (Lipinski definition) is 5. The molecule has 0 aliphatic rings. The average Bonchev–Trinajstić information content (AvgIpc) is 2.76. The number of rotatable bonds is 9. The van der Waals surface area contributed by atoms with Crippen LogP contribution in [0.3, 0.4) is 0 Å². The maximum Gasteiger partial charge on any atom is 0.513 e. The van der Waals surface area contributed by atoms with E-state index >= 15 is 0 Å². The van der Waals surface area contributed by atoms with Gasteiger partial charge in [-0.3, -0.25) is 4.79 Å². The van der Waals surface area contributed by atoms with Gasteiger partial charge < -0.3 is 13.8 Å². The standard InChI is InChI=1S/C22H20I2NO5P/c1-16(22(26)28-15-17-9-4-2-5-10-17)25-31(27,29-18-11-6-3-7-12-18)30-21-19(23)13-8-14-20(21)24/h2-14,16H,15H2,1H3,(H,25,27)/t16-,31?/m0/s1. The molecule has 1 N–H and O–H groups in total. The molecule has 0 radical (unpaired) electrons. The number of esters is 1. The Hall–Kier alpha value is -1.62. The number of benzene rings is 3. The second kappa shape index (κ2) is 11.3. The molecule has 3 aromatic carbocycles. The molecule has 6 nitrogen and oxygen atoms in total. The first-order valence-corrected chi connectivity index (χ1v) is 13.0. The van der Waals surface area contributed by atoms with Crippen molar-refractivity contribution in [1.82, 2.24) is 5.09 Å². The molecule has 3 aromatic rings. The lowest BCUT2D eigenvalue weighted by molar-refractivity contribution is -0.146. The summed E-state index contributed by atoms with van der Waals surface area (Å²) in [6, 6.07) is 22.6. The Kier molecular flexibility index (Phi) is 8.76. The van der Waals surface area contributed by atoms with Crippen LogP contribution in [0.2, 0.25) is 0 Å². The first-order chi connectivity index (χ1) is 14.9. The van der Waals surface area contributed by atoms with E-state index in [-0.39, 0.29) is 6.61 Å². The van der Waals surface area contributed by atoms with Crippen molar-refractivity contribution in [2.45, 2.75) is 19.6 Å².